The number of hydrogen-bond acceptors (Lipinski definition) is 3. The van der Waals surface area contributed by atoms with Crippen molar-refractivity contribution in [1.29, 1.82) is 0 Å². The molecule has 0 spiro atoms. The summed E-state index contributed by atoms with van der Waals surface area (Å²) in [7, 11) is 2.25. The highest BCUT2D eigenvalue weighted by Gasteiger charge is 2.36. The van der Waals surface area contributed by atoms with Gasteiger partial charge in [-0.25, -0.2) is 0 Å². The van der Waals surface area contributed by atoms with E-state index >= 15 is 0 Å². The second-order valence-electron chi connectivity index (χ2n) is 5.14. The highest BCUT2D eigenvalue weighted by atomic mass is 15.2. The fourth-order valence-electron chi connectivity index (χ4n) is 2.66. The second kappa shape index (κ2) is 6.58. The third kappa shape index (κ3) is 3.19. The predicted octanol–water partition coefficient (Wildman–Crippen LogP) is 1.53. The zero-order chi connectivity index (χ0) is 12.0. The number of likely N-dealkylation sites (N-methyl/N-ethyl adjacent to an activating group) is 1. The molecule has 0 aromatic rings. The number of rotatable bonds is 6. The Morgan fingerprint density at radius 1 is 1.25 bits per heavy atom. The van der Waals surface area contributed by atoms with Crippen LogP contribution >= 0.6 is 0 Å². The van der Waals surface area contributed by atoms with Crippen LogP contribution in [0.4, 0.5) is 0 Å². The van der Waals surface area contributed by atoms with E-state index in [4.69, 9.17) is 5.73 Å². The molecule has 1 aliphatic rings. The van der Waals surface area contributed by atoms with Crippen molar-refractivity contribution in [1.82, 2.24) is 9.80 Å². The minimum Gasteiger partial charge on any atom is -0.329 e. The molecule has 0 radical (unpaired) electrons. The van der Waals surface area contributed by atoms with Gasteiger partial charge in [0.05, 0.1) is 0 Å². The fourth-order valence-corrected chi connectivity index (χ4v) is 2.66. The Bertz CT molecular complexity index is 186. The van der Waals surface area contributed by atoms with Gasteiger partial charge in [0.25, 0.3) is 0 Å². The van der Waals surface area contributed by atoms with Crippen molar-refractivity contribution in [2.45, 2.75) is 45.1 Å². The molecule has 96 valence electrons. The molecule has 0 atom stereocenters. The first-order valence-electron chi connectivity index (χ1n) is 6.82. The summed E-state index contributed by atoms with van der Waals surface area (Å²) in [6.07, 6.45) is 5.02. The molecule has 1 heterocycles. The normalized spacial score (nSPS) is 21.6. The smallest absolute Gasteiger partial charge is 0.0353 e. The Kier molecular flexibility index (Phi) is 5.73. The molecule has 0 saturated carbocycles. The molecule has 1 aliphatic heterocycles. The average molecular weight is 227 g/mol. The Labute approximate surface area is 101 Å². The molecule has 16 heavy (non-hydrogen) atoms. The summed E-state index contributed by atoms with van der Waals surface area (Å²) >= 11 is 0. The zero-order valence-electron chi connectivity index (χ0n) is 11.3. The van der Waals surface area contributed by atoms with Crippen molar-refractivity contribution in [2.24, 2.45) is 5.73 Å². The summed E-state index contributed by atoms with van der Waals surface area (Å²) in [6.45, 7) is 10.1. The topological polar surface area (TPSA) is 32.5 Å². The van der Waals surface area contributed by atoms with Crippen LogP contribution in [0.15, 0.2) is 0 Å². The van der Waals surface area contributed by atoms with Gasteiger partial charge in [0, 0.05) is 12.1 Å². The van der Waals surface area contributed by atoms with Gasteiger partial charge in [0.1, 0.15) is 0 Å². The van der Waals surface area contributed by atoms with Crippen LogP contribution in [-0.4, -0.2) is 55.1 Å². The second-order valence-corrected chi connectivity index (χ2v) is 5.14. The van der Waals surface area contributed by atoms with E-state index in [0.29, 0.717) is 0 Å². The van der Waals surface area contributed by atoms with E-state index in [1.807, 2.05) is 0 Å². The SMILES string of the molecule is CCCCN(C)C1(CN)CCN(CC)CC1. The Balaban J connectivity index is 2.51. The molecular weight excluding hydrogens is 198 g/mol. The third-order valence-electron chi connectivity index (χ3n) is 4.27. The number of nitrogens with zero attached hydrogens (tertiary/aromatic N) is 2. The van der Waals surface area contributed by atoms with Gasteiger partial charge in [0.15, 0.2) is 0 Å². The summed E-state index contributed by atoms with van der Waals surface area (Å²) in [5.41, 5.74) is 6.32. The van der Waals surface area contributed by atoms with Gasteiger partial charge in [-0.05, 0) is 52.5 Å². The molecule has 3 nitrogen and oxygen atoms in total. The Morgan fingerprint density at radius 2 is 1.88 bits per heavy atom. The lowest BCUT2D eigenvalue weighted by molar-refractivity contribution is 0.0463. The van der Waals surface area contributed by atoms with Crippen molar-refractivity contribution in [3.63, 3.8) is 0 Å². The minimum atomic E-state index is 0.279. The van der Waals surface area contributed by atoms with Crippen molar-refractivity contribution in [2.75, 3.05) is 39.8 Å². The van der Waals surface area contributed by atoms with Crippen LogP contribution in [-0.2, 0) is 0 Å². The maximum atomic E-state index is 6.04. The molecular formula is C13H29N3. The van der Waals surface area contributed by atoms with Crippen LogP contribution in [0.25, 0.3) is 0 Å². The van der Waals surface area contributed by atoms with Crippen LogP contribution < -0.4 is 5.73 Å². The Hall–Kier alpha value is -0.120. The monoisotopic (exact) mass is 227 g/mol. The van der Waals surface area contributed by atoms with Crippen molar-refractivity contribution >= 4 is 0 Å². The molecule has 1 saturated heterocycles. The maximum Gasteiger partial charge on any atom is 0.0353 e. The largest absolute Gasteiger partial charge is 0.329 e. The van der Waals surface area contributed by atoms with E-state index < -0.39 is 0 Å². The quantitative estimate of drug-likeness (QED) is 0.747. The van der Waals surface area contributed by atoms with Gasteiger partial charge >= 0.3 is 0 Å². The Morgan fingerprint density at radius 3 is 2.31 bits per heavy atom. The first kappa shape index (κ1) is 13.9. The first-order chi connectivity index (χ1) is 7.68. The minimum absolute atomic E-state index is 0.279. The van der Waals surface area contributed by atoms with Crippen molar-refractivity contribution in [3.05, 3.63) is 0 Å². The van der Waals surface area contributed by atoms with E-state index in [1.165, 1.54) is 51.9 Å². The van der Waals surface area contributed by atoms with Crippen LogP contribution in [0, 0.1) is 0 Å². The van der Waals surface area contributed by atoms with Gasteiger partial charge in [-0.1, -0.05) is 20.3 Å². The number of nitrogens with two attached hydrogens (primary N) is 1. The van der Waals surface area contributed by atoms with Crippen molar-refractivity contribution < 1.29 is 0 Å². The molecule has 0 aliphatic carbocycles. The van der Waals surface area contributed by atoms with Gasteiger partial charge < -0.3 is 10.6 Å². The van der Waals surface area contributed by atoms with Gasteiger partial charge in [-0.3, -0.25) is 4.90 Å². The first-order valence-corrected chi connectivity index (χ1v) is 6.82. The number of likely N-dealkylation sites (tertiary alicyclic amines) is 1. The van der Waals surface area contributed by atoms with E-state index in [1.54, 1.807) is 0 Å². The molecule has 0 bridgehead atoms. The van der Waals surface area contributed by atoms with Gasteiger partial charge in [-0.15, -0.1) is 0 Å². The van der Waals surface area contributed by atoms with E-state index in [-0.39, 0.29) is 5.54 Å². The third-order valence-corrected chi connectivity index (χ3v) is 4.27. The van der Waals surface area contributed by atoms with Gasteiger partial charge in [-0.2, -0.15) is 0 Å². The molecule has 3 heteroatoms. The van der Waals surface area contributed by atoms with Crippen LogP contribution in [0.3, 0.4) is 0 Å². The lowest BCUT2D eigenvalue weighted by Gasteiger charge is -2.47. The van der Waals surface area contributed by atoms with E-state index in [2.05, 4.69) is 30.7 Å². The molecule has 1 fully saturated rings. The lowest BCUT2D eigenvalue weighted by Crippen LogP contribution is -2.58. The summed E-state index contributed by atoms with van der Waals surface area (Å²) in [4.78, 5) is 5.05. The molecule has 0 aromatic heterocycles. The highest BCUT2D eigenvalue weighted by Crippen LogP contribution is 2.27. The highest BCUT2D eigenvalue weighted by molar-refractivity contribution is 4.94. The van der Waals surface area contributed by atoms with Crippen LogP contribution in [0.2, 0.25) is 0 Å². The van der Waals surface area contributed by atoms with E-state index in [9.17, 15) is 0 Å². The molecule has 0 aromatic carbocycles. The molecule has 0 unspecified atom stereocenters. The zero-order valence-corrected chi connectivity index (χ0v) is 11.3. The summed E-state index contributed by atoms with van der Waals surface area (Å²) in [6, 6.07) is 0. The summed E-state index contributed by atoms with van der Waals surface area (Å²) < 4.78 is 0. The lowest BCUT2D eigenvalue weighted by atomic mass is 9.85. The standard InChI is InChI=1S/C13H29N3/c1-4-6-9-15(3)13(12-14)7-10-16(5-2)11-8-13/h4-12,14H2,1-3H3. The molecule has 0 amide bonds. The molecule has 1 rings (SSSR count). The number of unbranched alkanes of at least 4 members (excludes halogenated alkanes) is 1. The molecule has 2 N–H and O–H groups in total. The predicted molar refractivity (Wildman–Crippen MR) is 70.7 cm³/mol. The van der Waals surface area contributed by atoms with Gasteiger partial charge in [0.2, 0.25) is 0 Å². The van der Waals surface area contributed by atoms with E-state index in [0.717, 1.165) is 6.54 Å². The average Bonchev–Trinajstić information content (AvgIpc) is 2.35. The van der Waals surface area contributed by atoms with Crippen LogP contribution in [0.5, 0.6) is 0 Å². The maximum absolute atomic E-state index is 6.04. The number of piperidine rings is 1. The fraction of sp³-hybridized carbons (Fsp3) is 1.00. The summed E-state index contributed by atoms with van der Waals surface area (Å²) in [5, 5.41) is 0. The number of hydrogen-bond donors (Lipinski definition) is 1. The van der Waals surface area contributed by atoms with Crippen LogP contribution in [0.1, 0.15) is 39.5 Å². The summed E-state index contributed by atoms with van der Waals surface area (Å²) in [5.74, 6) is 0. The van der Waals surface area contributed by atoms with Crippen molar-refractivity contribution in [3.8, 4) is 0 Å².